The smallest absolute Gasteiger partial charge is 0.170 e. The largest absolute Gasteiger partial charge is 0.372 e. The van der Waals surface area contributed by atoms with E-state index >= 15 is 0 Å². The number of anilines is 1. The summed E-state index contributed by atoms with van der Waals surface area (Å²) in [7, 11) is 0. The van der Waals surface area contributed by atoms with Gasteiger partial charge in [-0.25, -0.2) is 0 Å². The molecule has 6 nitrogen and oxygen atoms in total. The molecule has 4 aromatic rings. The van der Waals surface area contributed by atoms with Crippen molar-refractivity contribution in [3.63, 3.8) is 0 Å². The summed E-state index contributed by atoms with van der Waals surface area (Å²) in [6.07, 6.45) is 5.56. The fourth-order valence-electron chi connectivity index (χ4n) is 5.49. The molecule has 0 amide bonds. The molecule has 4 heterocycles. The van der Waals surface area contributed by atoms with Gasteiger partial charge < -0.3 is 19.7 Å². The Morgan fingerprint density at radius 3 is 2.41 bits per heavy atom. The molecule has 1 fully saturated rings. The van der Waals surface area contributed by atoms with E-state index < -0.39 is 0 Å². The average molecular weight is 511 g/mol. The molecular formula is C30H34N6S. The third kappa shape index (κ3) is 4.83. The van der Waals surface area contributed by atoms with E-state index in [4.69, 9.17) is 17.2 Å². The van der Waals surface area contributed by atoms with Crippen molar-refractivity contribution in [2.24, 2.45) is 0 Å². The van der Waals surface area contributed by atoms with Crippen LogP contribution in [-0.4, -0.2) is 37.6 Å². The second kappa shape index (κ2) is 10.7. The molecule has 1 aliphatic rings. The Balaban J connectivity index is 1.56. The molecule has 1 aromatic carbocycles. The lowest BCUT2D eigenvalue weighted by Gasteiger charge is -2.28. The highest BCUT2D eigenvalue weighted by molar-refractivity contribution is 7.80. The first-order valence-electron chi connectivity index (χ1n) is 12.9. The summed E-state index contributed by atoms with van der Waals surface area (Å²) < 4.78 is 2.35. The molecule has 0 radical (unpaired) electrons. The SMILES string of the molecule is CCN(CC)c1ccc(-n2c(C)cc([C@@H]3[C@@H](c4ccccn4)NC(=S)N3Cc3cccnc3)c2C)cc1. The average Bonchev–Trinajstić information content (AvgIpc) is 3.40. The topological polar surface area (TPSA) is 49.2 Å². The minimum Gasteiger partial charge on any atom is -0.372 e. The number of thiocarbonyl (C=S) groups is 1. The number of aromatic nitrogens is 3. The van der Waals surface area contributed by atoms with Crippen LogP contribution in [0.5, 0.6) is 0 Å². The van der Waals surface area contributed by atoms with Gasteiger partial charge >= 0.3 is 0 Å². The Labute approximate surface area is 225 Å². The van der Waals surface area contributed by atoms with Crippen LogP contribution in [0.2, 0.25) is 0 Å². The molecule has 1 saturated heterocycles. The first-order valence-corrected chi connectivity index (χ1v) is 13.3. The van der Waals surface area contributed by atoms with Gasteiger partial charge in [-0.05, 0) is 99.6 Å². The van der Waals surface area contributed by atoms with Gasteiger partial charge in [0.25, 0.3) is 0 Å². The van der Waals surface area contributed by atoms with Crippen molar-refractivity contribution in [1.29, 1.82) is 0 Å². The molecule has 2 atom stereocenters. The van der Waals surface area contributed by atoms with Crippen LogP contribution >= 0.6 is 12.2 Å². The molecule has 190 valence electrons. The molecule has 37 heavy (non-hydrogen) atoms. The van der Waals surface area contributed by atoms with Crippen LogP contribution in [0.3, 0.4) is 0 Å². The fraction of sp³-hybridized carbons (Fsp3) is 0.300. The summed E-state index contributed by atoms with van der Waals surface area (Å²) >= 11 is 5.89. The van der Waals surface area contributed by atoms with Gasteiger partial charge in [-0.3, -0.25) is 9.97 Å². The Morgan fingerprint density at radius 1 is 0.973 bits per heavy atom. The minimum atomic E-state index is -0.0515. The maximum atomic E-state index is 5.89. The highest BCUT2D eigenvalue weighted by Gasteiger charge is 2.41. The van der Waals surface area contributed by atoms with E-state index in [9.17, 15) is 0 Å². The van der Waals surface area contributed by atoms with Gasteiger partial charge in [0.2, 0.25) is 0 Å². The fourth-order valence-corrected chi connectivity index (χ4v) is 5.79. The number of aryl methyl sites for hydroxylation is 1. The predicted molar refractivity (Wildman–Crippen MR) is 154 cm³/mol. The lowest BCUT2D eigenvalue weighted by atomic mass is 9.96. The monoisotopic (exact) mass is 510 g/mol. The van der Waals surface area contributed by atoms with Crippen LogP contribution < -0.4 is 10.2 Å². The Morgan fingerprint density at radius 2 is 1.76 bits per heavy atom. The highest BCUT2D eigenvalue weighted by atomic mass is 32.1. The van der Waals surface area contributed by atoms with Crippen molar-refractivity contribution >= 4 is 23.0 Å². The zero-order valence-electron chi connectivity index (χ0n) is 21.9. The molecule has 0 saturated carbocycles. The zero-order valence-corrected chi connectivity index (χ0v) is 22.7. The third-order valence-electron chi connectivity index (χ3n) is 7.30. The second-order valence-corrected chi connectivity index (χ2v) is 9.85. The molecule has 5 rings (SSSR count). The Bertz CT molecular complexity index is 1350. The van der Waals surface area contributed by atoms with Gasteiger partial charge in [0.15, 0.2) is 5.11 Å². The Hall–Kier alpha value is -3.71. The van der Waals surface area contributed by atoms with E-state index in [0.717, 1.165) is 29.5 Å². The van der Waals surface area contributed by atoms with Gasteiger partial charge in [-0.15, -0.1) is 0 Å². The van der Waals surface area contributed by atoms with Crippen LogP contribution in [0.1, 0.15) is 54.1 Å². The molecule has 1 aliphatic heterocycles. The molecule has 3 aromatic heterocycles. The zero-order chi connectivity index (χ0) is 25.9. The number of rotatable bonds is 8. The number of nitrogens with one attached hydrogen (secondary N) is 1. The van der Waals surface area contributed by atoms with Crippen LogP contribution in [-0.2, 0) is 6.54 Å². The predicted octanol–water partition coefficient (Wildman–Crippen LogP) is 5.90. The van der Waals surface area contributed by atoms with Crippen LogP contribution in [0, 0.1) is 13.8 Å². The quantitative estimate of drug-likeness (QED) is 0.298. The second-order valence-electron chi connectivity index (χ2n) is 9.47. The van der Waals surface area contributed by atoms with E-state index in [1.165, 1.54) is 28.3 Å². The van der Waals surface area contributed by atoms with Gasteiger partial charge in [0.05, 0.1) is 17.8 Å². The first kappa shape index (κ1) is 25.0. The van der Waals surface area contributed by atoms with E-state index in [1.54, 1.807) is 6.20 Å². The summed E-state index contributed by atoms with van der Waals surface area (Å²) in [6, 6.07) is 21.3. The number of benzene rings is 1. The molecule has 0 bridgehead atoms. The number of hydrogen-bond donors (Lipinski definition) is 1. The lowest BCUT2D eigenvalue weighted by molar-refractivity contribution is 0.310. The molecular weight excluding hydrogens is 476 g/mol. The first-order chi connectivity index (χ1) is 18.0. The maximum absolute atomic E-state index is 5.89. The molecule has 1 N–H and O–H groups in total. The lowest BCUT2D eigenvalue weighted by Crippen LogP contribution is -2.29. The van der Waals surface area contributed by atoms with Crippen molar-refractivity contribution in [2.45, 2.75) is 46.3 Å². The summed E-state index contributed by atoms with van der Waals surface area (Å²) in [4.78, 5) is 13.7. The molecule has 7 heteroatoms. The van der Waals surface area contributed by atoms with Crippen LogP contribution in [0.4, 0.5) is 5.69 Å². The Kier molecular flexibility index (Phi) is 7.24. The van der Waals surface area contributed by atoms with Crippen molar-refractivity contribution in [2.75, 3.05) is 18.0 Å². The third-order valence-corrected chi connectivity index (χ3v) is 7.65. The van der Waals surface area contributed by atoms with Gasteiger partial charge in [-0.1, -0.05) is 12.1 Å². The van der Waals surface area contributed by atoms with Crippen molar-refractivity contribution < 1.29 is 0 Å². The van der Waals surface area contributed by atoms with Gasteiger partial charge in [0, 0.05) is 61.0 Å². The standard InChI is InChI=1S/C30H34N6S/c1-5-34(6-2)24-12-14-25(15-13-24)36-21(3)18-26(22(36)4)29-28(27-11-7-8-17-32-27)33-30(37)35(29)20-23-10-9-16-31-19-23/h7-19,28-29H,5-6,20H2,1-4H3,(H,33,37)/t28-,29-/m1/s1. The summed E-state index contributed by atoms with van der Waals surface area (Å²) in [5, 5.41) is 4.31. The van der Waals surface area contributed by atoms with Crippen molar-refractivity contribution in [3.05, 3.63) is 107 Å². The molecule has 0 spiro atoms. The van der Waals surface area contributed by atoms with Crippen molar-refractivity contribution in [3.8, 4) is 5.69 Å². The molecule has 0 unspecified atom stereocenters. The maximum Gasteiger partial charge on any atom is 0.170 e. The summed E-state index contributed by atoms with van der Waals surface area (Å²) in [5.41, 5.74) is 8.18. The van der Waals surface area contributed by atoms with E-state index in [-0.39, 0.29) is 12.1 Å². The van der Waals surface area contributed by atoms with Gasteiger partial charge in [0.1, 0.15) is 0 Å². The van der Waals surface area contributed by atoms with E-state index in [2.05, 4.69) is 94.8 Å². The molecule has 0 aliphatic carbocycles. The van der Waals surface area contributed by atoms with Crippen molar-refractivity contribution in [1.82, 2.24) is 24.8 Å². The van der Waals surface area contributed by atoms with Crippen LogP contribution in [0.15, 0.2) is 79.3 Å². The highest BCUT2D eigenvalue weighted by Crippen LogP contribution is 2.42. The van der Waals surface area contributed by atoms with E-state index in [0.29, 0.717) is 6.54 Å². The number of hydrogen-bond acceptors (Lipinski definition) is 4. The van der Waals surface area contributed by atoms with Crippen LogP contribution in [0.25, 0.3) is 5.69 Å². The van der Waals surface area contributed by atoms with E-state index in [1.807, 2.05) is 30.6 Å². The number of nitrogens with zero attached hydrogens (tertiary/aromatic N) is 5. The van der Waals surface area contributed by atoms with Gasteiger partial charge in [-0.2, -0.15) is 0 Å². The summed E-state index contributed by atoms with van der Waals surface area (Å²) in [6.45, 7) is 11.4. The minimum absolute atomic E-state index is 0.00231. The summed E-state index contributed by atoms with van der Waals surface area (Å²) in [5.74, 6) is 0. The normalized spacial score (nSPS) is 17.2. The number of pyridine rings is 2.